The number of aromatic nitrogens is 5. The van der Waals surface area contributed by atoms with Gasteiger partial charge in [0.2, 0.25) is 0 Å². The number of nitrogens with zero attached hydrogens (tertiary/aromatic N) is 6. The maximum atomic E-state index is 5.89. The fourth-order valence-corrected chi connectivity index (χ4v) is 3.12. The topological polar surface area (TPSA) is 61.0 Å². The first-order chi connectivity index (χ1) is 12.3. The van der Waals surface area contributed by atoms with Gasteiger partial charge in [0.15, 0.2) is 0 Å². The Morgan fingerprint density at radius 1 is 1.20 bits per heavy atom. The molecule has 0 N–H and O–H groups in total. The average molecular weight is 338 g/mol. The molecular formula is C18H22N6O. The number of benzene rings is 1. The van der Waals surface area contributed by atoms with Crippen molar-refractivity contribution in [3.8, 4) is 5.69 Å². The fraction of sp³-hybridized carbons (Fsp3) is 0.389. The van der Waals surface area contributed by atoms with Crippen LogP contribution in [0, 0.1) is 6.92 Å². The highest BCUT2D eigenvalue weighted by atomic mass is 16.5. The van der Waals surface area contributed by atoms with Gasteiger partial charge in [-0.3, -0.25) is 9.58 Å². The molecule has 0 spiro atoms. The Balaban J connectivity index is 1.37. The molecule has 130 valence electrons. The summed E-state index contributed by atoms with van der Waals surface area (Å²) < 4.78 is 9.66. The molecule has 1 saturated heterocycles. The van der Waals surface area contributed by atoms with E-state index >= 15 is 0 Å². The van der Waals surface area contributed by atoms with Crippen molar-refractivity contribution in [2.75, 3.05) is 19.7 Å². The molecule has 7 heteroatoms. The van der Waals surface area contributed by atoms with Gasteiger partial charge in [-0.15, -0.1) is 5.10 Å². The zero-order valence-electron chi connectivity index (χ0n) is 14.3. The molecule has 1 unspecified atom stereocenters. The SMILES string of the molecule is Cc1cnn(CC2CN(Cc3cn(-c4ccccc4)nn3)CCO2)c1. The molecule has 0 aliphatic carbocycles. The minimum absolute atomic E-state index is 0.150. The maximum absolute atomic E-state index is 5.89. The Kier molecular flexibility index (Phi) is 4.58. The van der Waals surface area contributed by atoms with Crippen LogP contribution in [0.3, 0.4) is 0 Å². The molecule has 0 saturated carbocycles. The van der Waals surface area contributed by atoms with Crippen molar-refractivity contribution in [1.29, 1.82) is 0 Å². The average Bonchev–Trinajstić information content (AvgIpc) is 3.25. The van der Waals surface area contributed by atoms with Gasteiger partial charge >= 0.3 is 0 Å². The highest BCUT2D eigenvalue weighted by molar-refractivity contribution is 5.29. The monoisotopic (exact) mass is 338 g/mol. The summed E-state index contributed by atoms with van der Waals surface area (Å²) in [5, 5.41) is 12.9. The summed E-state index contributed by atoms with van der Waals surface area (Å²) in [4.78, 5) is 2.36. The van der Waals surface area contributed by atoms with Crippen molar-refractivity contribution in [2.24, 2.45) is 0 Å². The lowest BCUT2D eigenvalue weighted by atomic mass is 10.2. The summed E-state index contributed by atoms with van der Waals surface area (Å²) in [5.74, 6) is 0. The summed E-state index contributed by atoms with van der Waals surface area (Å²) in [6.07, 6.45) is 6.07. The van der Waals surface area contributed by atoms with E-state index in [1.165, 1.54) is 5.56 Å². The third-order valence-corrected chi connectivity index (χ3v) is 4.32. The third-order valence-electron chi connectivity index (χ3n) is 4.32. The Hall–Kier alpha value is -2.51. The standard InChI is InChI=1S/C18H22N6O/c1-15-9-19-23(10-15)14-18-13-22(7-8-25-18)11-16-12-24(21-20-16)17-5-3-2-4-6-17/h2-6,9-10,12,18H,7-8,11,13-14H2,1H3. The zero-order valence-corrected chi connectivity index (χ0v) is 14.3. The quantitative estimate of drug-likeness (QED) is 0.708. The molecule has 3 aromatic rings. The van der Waals surface area contributed by atoms with Gasteiger partial charge in [0, 0.05) is 25.8 Å². The van der Waals surface area contributed by atoms with Crippen molar-refractivity contribution >= 4 is 0 Å². The predicted molar refractivity (Wildman–Crippen MR) is 93.3 cm³/mol. The van der Waals surface area contributed by atoms with Crippen LogP contribution in [0.5, 0.6) is 0 Å². The highest BCUT2D eigenvalue weighted by Crippen LogP contribution is 2.12. The molecule has 25 heavy (non-hydrogen) atoms. The van der Waals surface area contributed by atoms with Crippen molar-refractivity contribution in [1.82, 2.24) is 29.7 Å². The molecule has 7 nitrogen and oxygen atoms in total. The van der Waals surface area contributed by atoms with E-state index in [0.29, 0.717) is 0 Å². The van der Waals surface area contributed by atoms with Crippen LogP contribution in [0.4, 0.5) is 0 Å². The zero-order chi connectivity index (χ0) is 17.1. The van der Waals surface area contributed by atoms with E-state index in [2.05, 4.69) is 20.3 Å². The predicted octanol–water partition coefficient (Wildman–Crippen LogP) is 1.67. The van der Waals surface area contributed by atoms with Gasteiger partial charge in [0.25, 0.3) is 0 Å². The molecule has 0 bridgehead atoms. The molecule has 3 heterocycles. The molecule has 0 amide bonds. The number of ether oxygens (including phenoxy) is 1. The van der Waals surface area contributed by atoms with Gasteiger partial charge in [0.05, 0.1) is 43.0 Å². The fourth-order valence-electron chi connectivity index (χ4n) is 3.12. The van der Waals surface area contributed by atoms with Crippen LogP contribution in [0.25, 0.3) is 5.69 Å². The number of rotatable bonds is 5. The summed E-state index contributed by atoms with van der Waals surface area (Å²) in [6, 6.07) is 10.0. The Bertz CT molecular complexity index is 812. The lowest BCUT2D eigenvalue weighted by molar-refractivity contribution is -0.0405. The van der Waals surface area contributed by atoms with Gasteiger partial charge in [-0.05, 0) is 24.6 Å². The second kappa shape index (κ2) is 7.16. The largest absolute Gasteiger partial charge is 0.374 e. The maximum Gasteiger partial charge on any atom is 0.0971 e. The van der Waals surface area contributed by atoms with E-state index in [1.54, 1.807) is 0 Å². The molecule has 1 aliphatic heterocycles. The number of hydrogen-bond acceptors (Lipinski definition) is 5. The summed E-state index contributed by atoms with van der Waals surface area (Å²) in [5.41, 5.74) is 3.17. The summed E-state index contributed by atoms with van der Waals surface area (Å²) in [7, 11) is 0. The van der Waals surface area contributed by atoms with Crippen LogP contribution in [-0.4, -0.2) is 55.5 Å². The lowest BCUT2D eigenvalue weighted by Crippen LogP contribution is -2.43. The van der Waals surface area contributed by atoms with Crippen LogP contribution in [-0.2, 0) is 17.8 Å². The van der Waals surface area contributed by atoms with Crippen molar-refractivity contribution in [3.05, 3.63) is 60.2 Å². The van der Waals surface area contributed by atoms with Crippen molar-refractivity contribution in [2.45, 2.75) is 26.1 Å². The summed E-state index contributed by atoms with van der Waals surface area (Å²) >= 11 is 0. The number of aryl methyl sites for hydroxylation is 1. The molecule has 0 radical (unpaired) electrons. The second-order valence-corrected chi connectivity index (χ2v) is 6.46. The van der Waals surface area contributed by atoms with E-state index in [1.807, 2.05) is 65.2 Å². The minimum Gasteiger partial charge on any atom is -0.374 e. The van der Waals surface area contributed by atoms with Gasteiger partial charge in [0.1, 0.15) is 0 Å². The molecule has 2 aromatic heterocycles. The molecule has 4 rings (SSSR count). The number of hydrogen-bond donors (Lipinski definition) is 0. The summed E-state index contributed by atoms with van der Waals surface area (Å²) in [6.45, 7) is 6.13. The van der Waals surface area contributed by atoms with Gasteiger partial charge in [-0.2, -0.15) is 5.10 Å². The smallest absolute Gasteiger partial charge is 0.0971 e. The van der Waals surface area contributed by atoms with E-state index in [0.717, 1.165) is 44.2 Å². The van der Waals surface area contributed by atoms with Crippen LogP contribution in [0.2, 0.25) is 0 Å². The van der Waals surface area contributed by atoms with Crippen LogP contribution in [0.15, 0.2) is 48.9 Å². The van der Waals surface area contributed by atoms with Gasteiger partial charge in [-0.25, -0.2) is 4.68 Å². The number of para-hydroxylation sites is 1. The normalized spacial score (nSPS) is 18.5. The Labute approximate surface area is 146 Å². The van der Waals surface area contributed by atoms with Crippen molar-refractivity contribution < 1.29 is 4.74 Å². The minimum atomic E-state index is 0.150. The van der Waals surface area contributed by atoms with Gasteiger partial charge < -0.3 is 4.74 Å². The number of morpholine rings is 1. The van der Waals surface area contributed by atoms with Crippen LogP contribution >= 0.6 is 0 Å². The first-order valence-corrected chi connectivity index (χ1v) is 8.56. The lowest BCUT2D eigenvalue weighted by Gasteiger charge is -2.32. The van der Waals surface area contributed by atoms with Crippen molar-refractivity contribution in [3.63, 3.8) is 0 Å². The Morgan fingerprint density at radius 2 is 2.08 bits per heavy atom. The molecule has 1 atom stereocenters. The third kappa shape index (κ3) is 3.94. The molecule has 1 aliphatic rings. The molecule has 1 fully saturated rings. The first-order valence-electron chi connectivity index (χ1n) is 8.56. The first kappa shape index (κ1) is 16.0. The highest BCUT2D eigenvalue weighted by Gasteiger charge is 2.22. The molecular weight excluding hydrogens is 316 g/mol. The van der Waals surface area contributed by atoms with Gasteiger partial charge in [-0.1, -0.05) is 23.4 Å². The van der Waals surface area contributed by atoms with E-state index in [9.17, 15) is 0 Å². The van der Waals surface area contributed by atoms with E-state index in [-0.39, 0.29) is 6.10 Å². The van der Waals surface area contributed by atoms with Crippen LogP contribution in [0.1, 0.15) is 11.3 Å². The Morgan fingerprint density at radius 3 is 2.88 bits per heavy atom. The van der Waals surface area contributed by atoms with E-state index in [4.69, 9.17) is 4.74 Å². The van der Waals surface area contributed by atoms with Crippen LogP contribution < -0.4 is 0 Å². The van der Waals surface area contributed by atoms with E-state index < -0.39 is 0 Å². The second-order valence-electron chi connectivity index (χ2n) is 6.46. The molecule has 1 aromatic carbocycles.